The minimum absolute atomic E-state index is 0.0428. The summed E-state index contributed by atoms with van der Waals surface area (Å²) in [6.45, 7) is 4.37. The number of carbonyl (C=O) groups excluding carboxylic acids is 2. The summed E-state index contributed by atoms with van der Waals surface area (Å²) in [6, 6.07) is 12.4. The number of thiocarbonyl (C=S) groups is 1. The first-order chi connectivity index (χ1) is 14.4. The molecule has 8 heteroatoms. The molecule has 0 unspecified atom stereocenters. The number of para-hydroxylation sites is 1. The van der Waals surface area contributed by atoms with Gasteiger partial charge in [0.05, 0.1) is 11.5 Å². The zero-order valence-corrected chi connectivity index (χ0v) is 18.3. The van der Waals surface area contributed by atoms with Crippen LogP contribution in [0.15, 0.2) is 47.4 Å². The van der Waals surface area contributed by atoms with Gasteiger partial charge in [0.1, 0.15) is 4.32 Å². The number of hydrogen-bond donors (Lipinski definition) is 2. The van der Waals surface area contributed by atoms with Gasteiger partial charge in [-0.1, -0.05) is 48.2 Å². The molecule has 2 amide bonds. The van der Waals surface area contributed by atoms with Crippen molar-refractivity contribution in [3.63, 3.8) is 0 Å². The molecule has 0 spiro atoms. The number of hydrogen-bond acceptors (Lipinski definition) is 6. The third kappa shape index (κ3) is 5.20. The predicted octanol–water partition coefficient (Wildman–Crippen LogP) is 4.33. The van der Waals surface area contributed by atoms with Gasteiger partial charge in [-0.2, -0.15) is 0 Å². The molecule has 0 aliphatic carbocycles. The van der Waals surface area contributed by atoms with Gasteiger partial charge in [-0.05, 0) is 49.2 Å². The molecule has 1 aliphatic heterocycles. The van der Waals surface area contributed by atoms with E-state index in [0.717, 1.165) is 11.3 Å². The summed E-state index contributed by atoms with van der Waals surface area (Å²) in [6.07, 6.45) is 1.84. The number of phenols is 1. The molecule has 1 aliphatic rings. The van der Waals surface area contributed by atoms with Gasteiger partial charge in [-0.3, -0.25) is 14.5 Å². The highest BCUT2D eigenvalue weighted by Crippen LogP contribution is 2.34. The molecule has 0 saturated carbocycles. The number of thioether (sulfide) groups is 1. The average molecular weight is 443 g/mol. The number of nitrogens with one attached hydrogen (secondary N) is 1. The Morgan fingerprint density at radius 3 is 2.80 bits per heavy atom. The number of nitrogens with zero attached hydrogens (tertiary/aromatic N) is 1. The SMILES string of the molecule is CCOc1cc(/C=C2\SC(=S)N(CCC(=O)Nc3ccccc3C)C2=O)ccc1O. The van der Waals surface area contributed by atoms with Crippen LogP contribution < -0.4 is 10.1 Å². The Kier molecular flexibility index (Phi) is 7.12. The second-order valence-electron chi connectivity index (χ2n) is 6.61. The first-order valence-electron chi connectivity index (χ1n) is 9.45. The summed E-state index contributed by atoms with van der Waals surface area (Å²) in [7, 11) is 0. The number of anilines is 1. The van der Waals surface area contributed by atoms with Gasteiger partial charge < -0.3 is 15.2 Å². The number of aryl methyl sites for hydroxylation is 1. The first kappa shape index (κ1) is 21.9. The van der Waals surface area contributed by atoms with Crippen LogP contribution in [-0.2, 0) is 9.59 Å². The van der Waals surface area contributed by atoms with E-state index in [1.807, 2.05) is 38.1 Å². The quantitative estimate of drug-likeness (QED) is 0.491. The van der Waals surface area contributed by atoms with Gasteiger partial charge in [-0.25, -0.2) is 0 Å². The lowest BCUT2D eigenvalue weighted by Crippen LogP contribution is -2.31. The maximum absolute atomic E-state index is 12.8. The molecule has 0 bridgehead atoms. The molecule has 30 heavy (non-hydrogen) atoms. The molecule has 156 valence electrons. The van der Waals surface area contributed by atoms with Crippen LogP contribution in [0, 0.1) is 6.92 Å². The Bertz CT molecular complexity index is 1020. The fraction of sp³-hybridized carbons (Fsp3) is 0.227. The lowest BCUT2D eigenvalue weighted by molar-refractivity contribution is -0.122. The van der Waals surface area contributed by atoms with E-state index in [9.17, 15) is 14.7 Å². The van der Waals surface area contributed by atoms with Gasteiger partial charge in [-0.15, -0.1) is 0 Å². The number of aromatic hydroxyl groups is 1. The van der Waals surface area contributed by atoms with E-state index >= 15 is 0 Å². The maximum Gasteiger partial charge on any atom is 0.266 e. The highest BCUT2D eigenvalue weighted by molar-refractivity contribution is 8.26. The second-order valence-corrected chi connectivity index (χ2v) is 8.28. The molecular weight excluding hydrogens is 420 g/mol. The highest BCUT2D eigenvalue weighted by atomic mass is 32.2. The minimum atomic E-state index is -0.236. The van der Waals surface area contributed by atoms with Crippen LogP contribution in [0.5, 0.6) is 11.5 Å². The molecular formula is C22H22N2O4S2. The Morgan fingerprint density at radius 1 is 1.30 bits per heavy atom. The van der Waals surface area contributed by atoms with Crippen molar-refractivity contribution in [2.45, 2.75) is 20.3 Å². The lowest BCUT2D eigenvalue weighted by atomic mass is 10.2. The third-order valence-electron chi connectivity index (χ3n) is 4.44. The fourth-order valence-electron chi connectivity index (χ4n) is 2.87. The number of benzene rings is 2. The summed E-state index contributed by atoms with van der Waals surface area (Å²) in [5.41, 5.74) is 2.44. The monoisotopic (exact) mass is 442 g/mol. The summed E-state index contributed by atoms with van der Waals surface area (Å²) >= 11 is 6.52. The van der Waals surface area contributed by atoms with E-state index in [4.69, 9.17) is 17.0 Å². The van der Waals surface area contributed by atoms with E-state index in [1.54, 1.807) is 18.2 Å². The molecule has 2 aromatic carbocycles. The molecule has 2 aromatic rings. The van der Waals surface area contributed by atoms with Crippen molar-refractivity contribution in [1.82, 2.24) is 4.90 Å². The number of amides is 2. The van der Waals surface area contributed by atoms with Crippen LogP contribution in [-0.4, -0.2) is 39.3 Å². The van der Waals surface area contributed by atoms with Crippen molar-refractivity contribution >= 4 is 51.9 Å². The van der Waals surface area contributed by atoms with Crippen molar-refractivity contribution in [2.24, 2.45) is 0 Å². The van der Waals surface area contributed by atoms with Gasteiger partial charge in [0, 0.05) is 18.7 Å². The second kappa shape index (κ2) is 9.77. The molecule has 1 fully saturated rings. The Morgan fingerprint density at radius 2 is 2.07 bits per heavy atom. The summed E-state index contributed by atoms with van der Waals surface area (Å²) in [5.74, 6) is -0.0160. The Balaban J connectivity index is 1.65. The zero-order chi connectivity index (χ0) is 21.7. The van der Waals surface area contributed by atoms with Crippen molar-refractivity contribution in [3.05, 3.63) is 58.5 Å². The molecule has 1 saturated heterocycles. The molecule has 3 rings (SSSR count). The first-order valence-corrected chi connectivity index (χ1v) is 10.7. The van der Waals surface area contributed by atoms with Crippen LogP contribution in [0.4, 0.5) is 5.69 Å². The summed E-state index contributed by atoms with van der Waals surface area (Å²) in [5, 5.41) is 12.7. The van der Waals surface area contributed by atoms with Gasteiger partial charge in [0.25, 0.3) is 5.91 Å². The minimum Gasteiger partial charge on any atom is -0.504 e. The maximum atomic E-state index is 12.8. The molecule has 0 aromatic heterocycles. The van der Waals surface area contributed by atoms with Gasteiger partial charge in [0.2, 0.25) is 5.91 Å². The van der Waals surface area contributed by atoms with E-state index < -0.39 is 0 Å². The van der Waals surface area contributed by atoms with Crippen molar-refractivity contribution in [2.75, 3.05) is 18.5 Å². The Labute approximate surface area is 184 Å². The van der Waals surface area contributed by atoms with Crippen LogP contribution in [0.25, 0.3) is 6.08 Å². The van der Waals surface area contributed by atoms with Crippen molar-refractivity contribution in [1.29, 1.82) is 0 Å². The highest BCUT2D eigenvalue weighted by Gasteiger charge is 2.32. The number of carbonyl (C=O) groups is 2. The topological polar surface area (TPSA) is 78.9 Å². The molecule has 1 heterocycles. The molecule has 0 atom stereocenters. The van der Waals surface area contributed by atoms with Crippen LogP contribution in [0.2, 0.25) is 0 Å². The largest absolute Gasteiger partial charge is 0.504 e. The van der Waals surface area contributed by atoms with Crippen LogP contribution in [0.1, 0.15) is 24.5 Å². The van der Waals surface area contributed by atoms with Crippen molar-refractivity contribution in [3.8, 4) is 11.5 Å². The summed E-state index contributed by atoms with van der Waals surface area (Å²) < 4.78 is 5.80. The predicted molar refractivity (Wildman–Crippen MR) is 124 cm³/mol. The number of ether oxygens (including phenoxy) is 1. The van der Waals surface area contributed by atoms with Crippen molar-refractivity contribution < 1.29 is 19.4 Å². The van der Waals surface area contributed by atoms with Gasteiger partial charge >= 0.3 is 0 Å². The van der Waals surface area contributed by atoms with Gasteiger partial charge in [0.15, 0.2) is 11.5 Å². The average Bonchev–Trinajstić information content (AvgIpc) is 2.97. The smallest absolute Gasteiger partial charge is 0.266 e. The zero-order valence-electron chi connectivity index (χ0n) is 16.7. The van der Waals surface area contributed by atoms with Crippen LogP contribution in [0.3, 0.4) is 0 Å². The lowest BCUT2D eigenvalue weighted by Gasteiger charge is -2.14. The third-order valence-corrected chi connectivity index (χ3v) is 5.81. The number of phenolic OH excluding ortho intramolecular Hbond substituents is 1. The molecule has 2 N–H and O–H groups in total. The van der Waals surface area contributed by atoms with E-state index in [1.165, 1.54) is 22.7 Å². The molecule has 0 radical (unpaired) electrons. The van der Waals surface area contributed by atoms with E-state index in [-0.39, 0.29) is 30.5 Å². The number of rotatable bonds is 7. The van der Waals surface area contributed by atoms with E-state index in [0.29, 0.717) is 27.1 Å². The normalized spacial score (nSPS) is 15.0. The van der Waals surface area contributed by atoms with Crippen LogP contribution >= 0.6 is 24.0 Å². The fourth-order valence-corrected chi connectivity index (χ4v) is 4.18. The molecule has 6 nitrogen and oxygen atoms in total. The summed E-state index contributed by atoms with van der Waals surface area (Å²) in [4.78, 5) is 26.9. The standard InChI is InChI=1S/C22H22N2O4S2/c1-3-28-18-12-15(8-9-17(18)25)13-19-21(27)24(22(29)30-19)11-10-20(26)23-16-7-5-4-6-14(16)2/h4-9,12-13,25H,3,10-11H2,1-2H3,(H,23,26)/b19-13-. The Hall–Kier alpha value is -2.84. The van der Waals surface area contributed by atoms with E-state index in [2.05, 4.69) is 5.32 Å².